The Morgan fingerprint density at radius 3 is 3.07 bits per heavy atom. The Balaban J connectivity index is 2.08. The number of rotatable bonds is 3. The molecule has 0 amide bonds. The van der Waals surface area contributed by atoms with E-state index < -0.39 is 0 Å². The predicted octanol–water partition coefficient (Wildman–Crippen LogP) is 2.00. The molecule has 15 heavy (non-hydrogen) atoms. The summed E-state index contributed by atoms with van der Waals surface area (Å²) in [6, 6.07) is 9.07. The van der Waals surface area contributed by atoms with Crippen molar-refractivity contribution in [2.24, 2.45) is 5.73 Å². The molecule has 0 spiro atoms. The molecule has 82 valence electrons. The van der Waals surface area contributed by atoms with E-state index in [9.17, 15) is 0 Å². The van der Waals surface area contributed by atoms with Crippen molar-refractivity contribution in [3.8, 4) is 0 Å². The summed E-state index contributed by atoms with van der Waals surface area (Å²) in [5, 5.41) is 3.47. The molecule has 2 nitrogen and oxygen atoms in total. The minimum atomic E-state index is 0.319. The van der Waals surface area contributed by atoms with E-state index in [-0.39, 0.29) is 0 Å². The van der Waals surface area contributed by atoms with Gasteiger partial charge in [-0.05, 0) is 36.8 Å². The Bertz CT molecular complexity index is 320. The molecule has 1 aliphatic heterocycles. The van der Waals surface area contributed by atoms with Gasteiger partial charge in [0.1, 0.15) is 0 Å². The van der Waals surface area contributed by atoms with Gasteiger partial charge < -0.3 is 11.1 Å². The fourth-order valence-electron chi connectivity index (χ4n) is 2.31. The van der Waals surface area contributed by atoms with Crippen molar-refractivity contribution in [3.63, 3.8) is 0 Å². The third-order valence-corrected chi connectivity index (χ3v) is 3.17. The van der Waals surface area contributed by atoms with Gasteiger partial charge in [-0.3, -0.25) is 0 Å². The molecule has 2 heteroatoms. The summed E-state index contributed by atoms with van der Waals surface area (Å²) in [5.41, 5.74) is 8.79. The van der Waals surface area contributed by atoms with Gasteiger partial charge in [-0.1, -0.05) is 24.3 Å². The lowest BCUT2D eigenvalue weighted by Gasteiger charge is -2.26. The lowest BCUT2D eigenvalue weighted by molar-refractivity contribution is 0.480. The largest absolute Gasteiger partial charge is 0.328 e. The third kappa shape index (κ3) is 2.58. The van der Waals surface area contributed by atoms with E-state index in [2.05, 4.69) is 36.5 Å². The molecule has 0 bridgehead atoms. The fourth-order valence-corrected chi connectivity index (χ4v) is 2.31. The van der Waals surface area contributed by atoms with E-state index in [1.807, 2.05) is 0 Å². The zero-order valence-corrected chi connectivity index (χ0v) is 9.37. The van der Waals surface area contributed by atoms with Crippen LogP contribution in [0.1, 0.15) is 36.8 Å². The Morgan fingerprint density at radius 1 is 1.47 bits per heavy atom. The van der Waals surface area contributed by atoms with Crippen LogP contribution < -0.4 is 11.1 Å². The highest BCUT2D eigenvalue weighted by Crippen LogP contribution is 2.27. The fraction of sp³-hybridized carbons (Fsp3) is 0.538. The van der Waals surface area contributed by atoms with Crippen molar-refractivity contribution in [1.82, 2.24) is 5.32 Å². The van der Waals surface area contributed by atoms with Gasteiger partial charge in [-0.15, -0.1) is 0 Å². The van der Waals surface area contributed by atoms with Gasteiger partial charge in [0.2, 0.25) is 0 Å². The van der Waals surface area contributed by atoms with Crippen LogP contribution >= 0.6 is 0 Å². The second-order valence-corrected chi connectivity index (χ2v) is 4.58. The molecule has 1 aromatic rings. The first kappa shape index (κ1) is 10.7. The van der Waals surface area contributed by atoms with Gasteiger partial charge in [0, 0.05) is 19.1 Å². The summed E-state index contributed by atoms with van der Waals surface area (Å²) >= 11 is 0. The van der Waals surface area contributed by atoms with Crippen LogP contribution in [0.15, 0.2) is 24.3 Å². The maximum Gasteiger partial charge on any atom is 0.0208 e. The van der Waals surface area contributed by atoms with E-state index in [1.165, 1.54) is 17.5 Å². The van der Waals surface area contributed by atoms with E-state index in [0.717, 1.165) is 19.5 Å². The van der Waals surface area contributed by atoms with Gasteiger partial charge in [-0.25, -0.2) is 0 Å². The summed E-state index contributed by atoms with van der Waals surface area (Å²) in [4.78, 5) is 0. The molecule has 0 saturated heterocycles. The average Bonchev–Trinajstić information content (AvgIpc) is 2.26. The summed E-state index contributed by atoms with van der Waals surface area (Å²) in [7, 11) is 0. The molecule has 1 heterocycles. The minimum Gasteiger partial charge on any atom is -0.328 e. The molecule has 1 aromatic carbocycles. The van der Waals surface area contributed by atoms with Crippen LogP contribution in [-0.4, -0.2) is 12.6 Å². The monoisotopic (exact) mass is 204 g/mol. The number of hydrogen-bond donors (Lipinski definition) is 2. The van der Waals surface area contributed by atoms with Gasteiger partial charge >= 0.3 is 0 Å². The molecule has 0 saturated carbocycles. The average molecular weight is 204 g/mol. The smallest absolute Gasteiger partial charge is 0.0208 e. The molecular formula is C13H20N2. The highest BCUT2D eigenvalue weighted by Gasteiger charge is 2.18. The van der Waals surface area contributed by atoms with Crippen LogP contribution in [0.4, 0.5) is 0 Å². The van der Waals surface area contributed by atoms with E-state index in [1.54, 1.807) is 0 Å². The topological polar surface area (TPSA) is 38.0 Å². The number of fused-ring (bicyclic) bond motifs is 1. The van der Waals surface area contributed by atoms with Gasteiger partial charge in [0.15, 0.2) is 0 Å². The molecule has 2 atom stereocenters. The standard InChI is InChI=1S/C13H20N2/c1-10(14)6-7-12-9-15-8-11-4-2-3-5-13(11)12/h2-5,10,12,15H,6-9,14H2,1H3. The third-order valence-electron chi connectivity index (χ3n) is 3.17. The predicted molar refractivity (Wildman–Crippen MR) is 63.8 cm³/mol. The van der Waals surface area contributed by atoms with Crippen LogP contribution in [0, 0.1) is 0 Å². The number of nitrogens with two attached hydrogens (primary N) is 1. The van der Waals surface area contributed by atoms with Crippen molar-refractivity contribution in [2.45, 2.75) is 38.3 Å². The highest BCUT2D eigenvalue weighted by molar-refractivity contribution is 5.32. The van der Waals surface area contributed by atoms with Crippen molar-refractivity contribution in [2.75, 3.05) is 6.54 Å². The van der Waals surface area contributed by atoms with Gasteiger partial charge in [-0.2, -0.15) is 0 Å². The summed E-state index contributed by atoms with van der Waals surface area (Å²) in [6.45, 7) is 4.21. The molecule has 2 unspecified atom stereocenters. The first-order chi connectivity index (χ1) is 7.27. The maximum absolute atomic E-state index is 5.81. The van der Waals surface area contributed by atoms with Crippen LogP contribution in [-0.2, 0) is 6.54 Å². The number of benzene rings is 1. The Kier molecular flexibility index (Phi) is 3.39. The van der Waals surface area contributed by atoms with Crippen LogP contribution in [0.3, 0.4) is 0 Å². The van der Waals surface area contributed by atoms with E-state index >= 15 is 0 Å². The second kappa shape index (κ2) is 4.77. The lowest BCUT2D eigenvalue weighted by Crippen LogP contribution is -2.29. The van der Waals surface area contributed by atoms with Gasteiger partial charge in [0.25, 0.3) is 0 Å². The van der Waals surface area contributed by atoms with Gasteiger partial charge in [0.05, 0.1) is 0 Å². The molecule has 0 radical (unpaired) electrons. The quantitative estimate of drug-likeness (QED) is 0.790. The summed E-state index contributed by atoms with van der Waals surface area (Å²) < 4.78 is 0. The van der Waals surface area contributed by atoms with Crippen molar-refractivity contribution < 1.29 is 0 Å². The molecule has 0 aromatic heterocycles. The van der Waals surface area contributed by atoms with Crippen LogP contribution in [0.2, 0.25) is 0 Å². The first-order valence-electron chi connectivity index (χ1n) is 5.81. The second-order valence-electron chi connectivity index (χ2n) is 4.58. The number of hydrogen-bond acceptors (Lipinski definition) is 2. The lowest BCUT2D eigenvalue weighted by atomic mass is 9.87. The molecule has 0 fully saturated rings. The molecular weight excluding hydrogens is 184 g/mol. The summed E-state index contributed by atoms with van der Waals surface area (Å²) in [5.74, 6) is 0.654. The maximum atomic E-state index is 5.81. The molecule has 3 N–H and O–H groups in total. The molecule has 1 aliphatic rings. The number of nitrogens with one attached hydrogen (secondary N) is 1. The van der Waals surface area contributed by atoms with Crippen molar-refractivity contribution in [1.29, 1.82) is 0 Å². The zero-order valence-electron chi connectivity index (χ0n) is 9.37. The van der Waals surface area contributed by atoms with E-state index in [4.69, 9.17) is 5.73 Å². The van der Waals surface area contributed by atoms with E-state index in [0.29, 0.717) is 12.0 Å². The van der Waals surface area contributed by atoms with Crippen molar-refractivity contribution in [3.05, 3.63) is 35.4 Å². The SMILES string of the molecule is CC(N)CCC1CNCc2ccccc21. The first-order valence-corrected chi connectivity index (χ1v) is 5.81. The normalized spacial score (nSPS) is 22.1. The minimum absolute atomic E-state index is 0.319. The zero-order chi connectivity index (χ0) is 10.7. The molecule has 2 rings (SSSR count). The molecule has 0 aliphatic carbocycles. The Morgan fingerprint density at radius 2 is 2.27 bits per heavy atom. The van der Waals surface area contributed by atoms with Crippen molar-refractivity contribution >= 4 is 0 Å². The Hall–Kier alpha value is -0.860. The summed E-state index contributed by atoms with van der Waals surface area (Å²) in [6.07, 6.45) is 2.31. The highest BCUT2D eigenvalue weighted by atomic mass is 14.9. The van der Waals surface area contributed by atoms with Crippen LogP contribution in [0.5, 0.6) is 0 Å². The van der Waals surface area contributed by atoms with Crippen LogP contribution in [0.25, 0.3) is 0 Å². The Labute approximate surface area is 91.9 Å².